The van der Waals surface area contributed by atoms with Crippen molar-refractivity contribution in [2.24, 2.45) is 0 Å². The first-order valence-corrected chi connectivity index (χ1v) is 7.25. The Morgan fingerprint density at radius 2 is 1.94 bits per heavy atom. The van der Waals surface area contributed by atoms with E-state index >= 15 is 0 Å². The molecule has 0 aromatic carbocycles. The molecule has 1 saturated heterocycles. The average molecular weight is 254 g/mol. The third kappa shape index (κ3) is 3.23. The Bertz CT molecular complexity index is 290. The molecule has 0 radical (unpaired) electrons. The molecule has 4 nitrogen and oxygen atoms in total. The molecule has 0 aromatic rings. The predicted molar refractivity (Wildman–Crippen MR) is 71.7 cm³/mol. The maximum absolute atomic E-state index is 11.0. The molecule has 4 heteroatoms. The number of carboxylic acids is 1. The van der Waals surface area contributed by atoms with Crippen molar-refractivity contribution in [3.8, 4) is 0 Å². The Morgan fingerprint density at radius 1 is 1.28 bits per heavy atom. The van der Waals surface area contributed by atoms with Gasteiger partial charge in [-0.25, -0.2) is 0 Å². The van der Waals surface area contributed by atoms with Crippen LogP contribution in [0.5, 0.6) is 0 Å². The number of carboxylic acid groups (broad SMARTS) is 1. The normalized spacial score (nSPS) is 32.6. The van der Waals surface area contributed by atoms with Crippen molar-refractivity contribution >= 4 is 5.97 Å². The minimum absolute atomic E-state index is 0.167. The van der Waals surface area contributed by atoms with Gasteiger partial charge in [0.05, 0.1) is 6.42 Å². The first-order chi connectivity index (χ1) is 8.58. The topological polar surface area (TPSA) is 43.8 Å². The van der Waals surface area contributed by atoms with Crippen molar-refractivity contribution < 1.29 is 9.90 Å². The Balaban J connectivity index is 2.03. The number of aliphatic carboxylic acids is 1. The van der Waals surface area contributed by atoms with Gasteiger partial charge in [0, 0.05) is 24.7 Å². The second-order valence-electron chi connectivity index (χ2n) is 5.99. The van der Waals surface area contributed by atoms with Crippen LogP contribution >= 0.6 is 0 Å². The lowest BCUT2D eigenvalue weighted by atomic mass is 10.1. The van der Waals surface area contributed by atoms with Crippen LogP contribution < -0.4 is 0 Å². The molecule has 2 atom stereocenters. The first kappa shape index (κ1) is 13.8. The van der Waals surface area contributed by atoms with Crippen molar-refractivity contribution in [2.45, 2.75) is 63.6 Å². The summed E-state index contributed by atoms with van der Waals surface area (Å²) >= 11 is 0. The SMILES string of the molecule is CC1CCN(C2CCCC2)CC(CC(=O)O)N1C. The van der Waals surface area contributed by atoms with Crippen LogP contribution in [0.25, 0.3) is 0 Å². The van der Waals surface area contributed by atoms with Crippen molar-refractivity contribution in [1.29, 1.82) is 0 Å². The van der Waals surface area contributed by atoms with Gasteiger partial charge in [0.15, 0.2) is 0 Å². The van der Waals surface area contributed by atoms with E-state index in [2.05, 4.69) is 23.8 Å². The van der Waals surface area contributed by atoms with Crippen LogP contribution in [0, 0.1) is 0 Å². The average Bonchev–Trinajstić information content (AvgIpc) is 2.80. The fourth-order valence-corrected chi connectivity index (χ4v) is 3.42. The van der Waals surface area contributed by atoms with E-state index in [1.54, 1.807) is 0 Å². The van der Waals surface area contributed by atoms with E-state index in [0.717, 1.165) is 19.5 Å². The lowest BCUT2D eigenvalue weighted by Gasteiger charge is -2.32. The van der Waals surface area contributed by atoms with Crippen molar-refractivity contribution in [3.63, 3.8) is 0 Å². The van der Waals surface area contributed by atoms with Gasteiger partial charge in [-0.1, -0.05) is 12.8 Å². The molecule has 0 bridgehead atoms. The lowest BCUT2D eigenvalue weighted by molar-refractivity contribution is -0.138. The highest BCUT2D eigenvalue weighted by Gasteiger charge is 2.32. The molecule has 2 fully saturated rings. The van der Waals surface area contributed by atoms with Crippen LogP contribution in [-0.2, 0) is 4.79 Å². The number of carbonyl (C=O) groups is 1. The maximum Gasteiger partial charge on any atom is 0.304 e. The molecule has 2 aliphatic rings. The Morgan fingerprint density at radius 3 is 2.56 bits per heavy atom. The van der Waals surface area contributed by atoms with E-state index < -0.39 is 5.97 Å². The van der Waals surface area contributed by atoms with E-state index in [1.165, 1.54) is 25.7 Å². The predicted octanol–water partition coefficient (Wildman–Crippen LogP) is 1.80. The van der Waals surface area contributed by atoms with Crippen LogP contribution in [0.1, 0.15) is 45.4 Å². The van der Waals surface area contributed by atoms with Gasteiger partial charge in [0.2, 0.25) is 0 Å². The summed E-state index contributed by atoms with van der Waals surface area (Å²) in [7, 11) is 2.08. The number of likely N-dealkylation sites (N-methyl/N-ethyl adjacent to an activating group) is 1. The molecular formula is C14H26N2O2. The molecule has 18 heavy (non-hydrogen) atoms. The quantitative estimate of drug-likeness (QED) is 0.834. The Hall–Kier alpha value is -0.610. The second-order valence-corrected chi connectivity index (χ2v) is 5.99. The zero-order chi connectivity index (χ0) is 13.1. The number of hydrogen-bond acceptors (Lipinski definition) is 3. The number of nitrogens with zero attached hydrogens (tertiary/aromatic N) is 2. The van der Waals surface area contributed by atoms with Crippen LogP contribution in [0.15, 0.2) is 0 Å². The minimum Gasteiger partial charge on any atom is -0.481 e. The Kier molecular flexibility index (Phi) is 4.62. The molecular weight excluding hydrogens is 228 g/mol. The third-order valence-electron chi connectivity index (χ3n) is 4.80. The molecule has 1 N–H and O–H groups in total. The summed E-state index contributed by atoms with van der Waals surface area (Å²) in [6.45, 7) is 4.27. The van der Waals surface area contributed by atoms with Gasteiger partial charge in [-0.05, 0) is 39.8 Å². The van der Waals surface area contributed by atoms with Gasteiger partial charge in [-0.15, -0.1) is 0 Å². The molecule has 1 aliphatic carbocycles. The summed E-state index contributed by atoms with van der Waals surface area (Å²) in [4.78, 5) is 15.8. The molecule has 1 aliphatic heterocycles. The van der Waals surface area contributed by atoms with Gasteiger partial charge in [-0.3, -0.25) is 14.6 Å². The molecule has 2 unspecified atom stereocenters. The fraction of sp³-hybridized carbons (Fsp3) is 0.929. The standard InChI is InChI=1S/C14H26N2O2/c1-11-7-8-16(12-5-3-4-6-12)10-13(15(11)2)9-14(17)18/h11-13H,3-10H2,1-2H3,(H,17,18). The molecule has 0 amide bonds. The fourth-order valence-electron chi connectivity index (χ4n) is 3.42. The third-order valence-corrected chi connectivity index (χ3v) is 4.80. The molecule has 0 aromatic heterocycles. The molecule has 104 valence electrons. The molecule has 1 saturated carbocycles. The van der Waals surface area contributed by atoms with Crippen LogP contribution in [0.3, 0.4) is 0 Å². The van der Waals surface area contributed by atoms with Gasteiger partial charge in [-0.2, -0.15) is 0 Å². The summed E-state index contributed by atoms with van der Waals surface area (Å²) in [6, 6.07) is 1.36. The van der Waals surface area contributed by atoms with E-state index in [-0.39, 0.29) is 12.5 Å². The summed E-state index contributed by atoms with van der Waals surface area (Å²) in [5.41, 5.74) is 0. The largest absolute Gasteiger partial charge is 0.481 e. The van der Waals surface area contributed by atoms with E-state index in [9.17, 15) is 4.79 Å². The van der Waals surface area contributed by atoms with E-state index in [1.807, 2.05) is 0 Å². The second kappa shape index (κ2) is 6.02. The summed E-state index contributed by atoms with van der Waals surface area (Å²) in [5.74, 6) is -0.674. The minimum atomic E-state index is -0.674. The highest BCUT2D eigenvalue weighted by Crippen LogP contribution is 2.27. The maximum atomic E-state index is 11.0. The van der Waals surface area contributed by atoms with E-state index in [0.29, 0.717) is 12.1 Å². The highest BCUT2D eigenvalue weighted by atomic mass is 16.4. The zero-order valence-electron chi connectivity index (χ0n) is 11.6. The van der Waals surface area contributed by atoms with Crippen molar-refractivity contribution in [3.05, 3.63) is 0 Å². The molecule has 2 rings (SSSR count). The zero-order valence-corrected chi connectivity index (χ0v) is 11.6. The van der Waals surface area contributed by atoms with Gasteiger partial charge in [0.1, 0.15) is 0 Å². The summed E-state index contributed by atoms with van der Waals surface area (Å²) < 4.78 is 0. The smallest absolute Gasteiger partial charge is 0.304 e. The molecule has 1 heterocycles. The monoisotopic (exact) mass is 254 g/mol. The van der Waals surface area contributed by atoms with Gasteiger partial charge in [0.25, 0.3) is 0 Å². The van der Waals surface area contributed by atoms with Gasteiger partial charge < -0.3 is 5.11 Å². The summed E-state index contributed by atoms with van der Waals surface area (Å²) in [6.07, 6.45) is 6.72. The lowest BCUT2D eigenvalue weighted by Crippen LogP contribution is -2.44. The first-order valence-electron chi connectivity index (χ1n) is 7.25. The number of rotatable bonds is 3. The van der Waals surface area contributed by atoms with Crippen LogP contribution in [-0.4, -0.2) is 59.1 Å². The van der Waals surface area contributed by atoms with Crippen LogP contribution in [0.2, 0.25) is 0 Å². The molecule has 0 spiro atoms. The van der Waals surface area contributed by atoms with Crippen molar-refractivity contribution in [1.82, 2.24) is 9.80 Å². The number of hydrogen-bond donors (Lipinski definition) is 1. The van der Waals surface area contributed by atoms with Gasteiger partial charge >= 0.3 is 5.97 Å². The summed E-state index contributed by atoms with van der Waals surface area (Å²) in [5, 5.41) is 9.07. The Labute approximate surface area is 110 Å². The highest BCUT2D eigenvalue weighted by molar-refractivity contribution is 5.67. The van der Waals surface area contributed by atoms with E-state index in [4.69, 9.17) is 5.11 Å². The van der Waals surface area contributed by atoms with Crippen molar-refractivity contribution in [2.75, 3.05) is 20.1 Å². The van der Waals surface area contributed by atoms with Crippen LogP contribution in [0.4, 0.5) is 0 Å².